The molecule has 92 heavy (non-hydrogen) atoms. The van der Waals surface area contributed by atoms with Gasteiger partial charge >= 0.3 is 0 Å². The van der Waals surface area contributed by atoms with Crippen LogP contribution < -0.4 is 0 Å². The van der Waals surface area contributed by atoms with E-state index < -0.39 is 0 Å². The molecule has 2 atom stereocenters. The minimum absolute atomic E-state index is 0.387. The molecule has 2 heteroatoms. The van der Waals surface area contributed by atoms with Crippen LogP contribution >= 0.6 is 0 Å². The lowest BCUT2D eigenvalue weighted by Gasteiger charge is -2.18. The summed E-state index contributed by atoms with van der Waals surface area (Å²) in [5.74, 6) is 1.70. The van der Waals surface area contributed by atoms with Crippen LogP contribution in [0.2, 0.25) is 0 Å². The molecule has 14 aromatic carbocycles. The molecule has 2 unspecified atom stereocenters. The van der Waals surface area contributed by atoms with Gasteiger partial charge in [-0.1, -0.05) is 217 Å². The second-order valence-corrected chi connectivity index (χ2v) is 27.9. The lowest BCUT2D eigenvalue weighted by molar-refractivity contribution is 0.574. The fraction of sp³-hybridized carbons (Fsp3) is 0.156. The average molecular weight is 1180 g/mol. The maximum absolute atomic E-state index is 2.58. The molecule has 4 heterocycles. The van der Waals surface area contributed by atoms with Gasteiger partial charge in [-0.3, -0.25) is 0 Å². The smallest absolute Gasteiger partial charge is 0.0620 e. The predicted molar refractivity (Wildman–Crippen MR) is 398 cm³/mol. The van der Waals surface area contributed by atoms with Gasteiger partial charge in [0.15, 0.2) is 0 Å². The van der Waals surface area contributed by atoms with Crippen molar-refractivity contribution in [2.75, 3.05) is 0 Å². The van der Waals surface area contributed by atoms with Crippen LogP contribution in [0.3, 0.4) is 0 Å². The minimum atomic E-state index is 0.387. The van der Waals surface area contributed by atoms with Gasteiger partial charge in [0.1, 0.15) is 0 Å². The standard InChI is InChI=1S/C90H72N2/c1-51(2)59-25-29-63-47-84-76(39-67(63)35-59)80-43-71(73-33-22-53(5)34-75(73)58-19-13-10-14-20-58)44-81-77-41-69-37-61(27-31-65(69)49-85(77)91(84)89(80)81)54(6)23-24-55(7)62-28-32-66-50-87-79(42-70(66)38-62)83-46-72(88-56(8)16-15-21-74(88)57-17-11-9-12-18-57)45-82-78-40-68-36-60(52(3)4)26-30-64(68)48-86(78)92(87)90(82)83/h9-22,25-52,54-55H,23-24H2,1-8H3. The summed E-state index contributed by atoms with van der Waals surface area (Å²) < 4.78 is 5.15. The first kappa shape index (κ1) is 54.6. The largest absolute Gasteiger partial charge is 0.308 e. The Morgan fingerprint density at radius 1 is 0.272 bits per heavy atom. The molecule has 0 amide bonds. The third kappa shape index (κ3) is 8.45. The number of nitrogens with zero attached hydrogens (tertiary/aromatic N) is 2. The van der Waals surface area contributed by atoms with Crippen LogP contribution in [0.4, 0.5) is 0 Å². The van der Waals surface area contributed by atoms with Gasteiger partial charge in [0.2, 0.25) is 0 Å². The Labute approximate surface area is 537 Å². The zero-order chi connectivity index (χ0) is 61.9. The molecule has 0 fully saturated rings. The van der Waals surface area contributed by atoms with E-state index in [9.17, 15) is 0 Å². The number of hydrogen-bond acceptors (Lipinski definition) is 0. The highest BCUT2D eigenvalue weighted by Gasteiger charge is 2.25. The number of aryl methyl sites for hydroxylation is 2. The van der Waals surface area contributed by atoms with Crippen LogP contribution in [-0.2, 0) is 0 Å². The number of aromatic nitrogens is 2. The number of fused-ring (bicyclic) bond motifs is 16. The first-order chi connectivity index (χ1) is 44.8. The Morgan fingerprint density at radius 3 is 1.09 bits per heavy atom. The molecule has 0 saturated carbocycles. The zero-order valence-electron chi connectivity index (χ0n) is 53.7. The van der Waals surface area contributed by atoms with E-state index in [-0.39, 0.29) is 0 Å². The van der Waals surface area contributed by atoms with Crippen molar-refractivity contribution in [2.24, 2.45) is 0 Å². The van der Waals surface area contributed by atoms with Crippen molar-refractivity contribution in [3.8, 4) is 44.5 Å². The second kappa shape index (κ2) is 20.6. The SMILES string of the molecule is Cc1ccc(-c2cc3c4cc5cc(C(C)C)ccc5cc4n4c5cc6ccc(C(C)CCC(C)c7ccc8cc9c(cc8c7)c7cc(-c8c(C)cccc8-c8ccccc8)cc8c%10cc%11cc(C(C)C)ccc%11cc%10n9c87)cc6cc5c(c2)c34)c(-c2ccccc2)c1. The molecule has 4 aromatic heterocycles. The van der Waals surface area contributed by atoms with Crippen LogP contribution in [0.25, 0.3) is 164 Å². The number of hydrogen-bond donors (Lipinski definition) is 0. The third-order valence-electron chi connectivity index (χ3n) is 21.4. The topological polar surface area (TPSA) is 8.82 Å². The Balaban J connectivity index is 0.711. The van der Waals surface area contributed by atoms with E-state index in [4.69, 9.17) is 0 Å². The Hall–Kier alpha value is -10.3. The molecule has 0 spiro atoms. The molecular formula is C90H72N2. The van der Waals surface area contributed by atoms with Crippen LogP contribution in [0.1, 0.15) is 111 Å². The van der Waals surface area contributed by atoms with E-state index in [2.05, 4.69) is 307 Å². The normalized spacial score (nSPS) is 13.2. The van der Waals surface area contributed by atoms with E-state index in [1.807, 2.05) is 0 Å². The van der Waals surface area contributed by atoms with E-state index in [1.54, 1.807) is 0 Å². The van der Waals surface area contributed by atoms with Gasteiger partial charge in [0.05, 0.1) is 33.1 Å². The van der Waals surface area contributed by atoms with Crippen LogP contribution in [0.15, 0.2) is 243 Å². The quantitative estimate of drug-likeness (QED) is 0.122. The first-order valence-electron chi connectivity index (χ1n) is 33.5. The van der Waals surface area contributed by atoms with Crippen LogP contribution in [0, 0.1) is 13.8 Å². The van der Waals surface area contributed by atoms with Crippen molar-refractivity contribution >= 4 is 119 Å². The molecule has 0 saturated heterocycles. The fourth-order valence-corrected chi connectivity index (χ4v) is 16.3. The number of rotatable bonds is 11. The highest BCUT2D eigenvalue weighted by molar-refractivity contribution is 6.29. The highest BCUT2D eigenvalue weighted by atomic mass is 14.9. The van der Waals surface area contributed by atoms with Crippen molar-refractivity contribution in [1.29, 1.82) is 0 Å². The first-order valence-corrected chi connectivity index (χ1v) is 33.5. The molecule has 0 radical (unpaired) electrons. The third-order valence-corrected chi connectivity index (χ3v) is 21.4. The minimum Gasteiger partial charge on any atom is -0.308 e. The molecule has 18 aromatic rings. The lowest BCUT2D eigenvalue weighted by Crippen LogP contribution is -1.99. The van der Waals surface area contributed by atoms with E-state index in [0.29, 0.717) is 23.7 Å². The molecule has 0 aliphatic carbocycles. The zero-order valence-corrected chi connectivity index (χ0v) is 53.7. The summed E-state index contributed by atoms with van der Waals surface area (Å²) in [6.07, 6.45) is 2.19. The van der Waals surface area contributed by atoms with E-state index in [0.717, 1.165) is 12.8 Å². The molecular weight excluding hydrogens is 1110 g/mol. The average Bonchev–Trinajstić information content (AvgIpc) is 1.54. The van der Waals surface area contributed by atoms with E-state index >= 15 is 0 Å². The molecule has 18 rings (SSSR count). The second-order valence-electron chi connectivity index (χ2n) is 27.9. The Bertz CT molecular complexity index is 6050. The van der Waals surface area contributed by atoms with Crippen LogP contribution in [0.5, 0.6) is 0 Å². The Kier molecular flexibility index (Phi) is 12.2. The van der Waals surface area contributed by atoms with Gasteiger partial charge in [0, 0.05) is 43.1 Å². The van der Waals surface area contributed by atoms with Crippen molar-refractivity contribution in [3.05, 3.63) is 276 Å². The van der Waals surface area contributed by atoms with Gasteiger partial charge in [-0.25, -0.2) is 0 Å². The monoisotopic (exact) mass is 1180 g/mol. The molecule has 442 valence electrons. The van der Waals surface area contributed by atoms with E-state index in [1.165, 1.54) is 197 Å². The number of benzene rings is 14. The van der Waals surface area contributed by atoms with Crippen molar-refractivity contribution in [2.45, 2.75) is 91.9 Å². The Morgan fingerprint density at radius 2 is 0.663 bits per heavy atom. The summed E-state index contributed by atoms with van der Waals surface area (Å²) in [7, 11) is 0. The maximum atomic E-state index is 2.58. The van der Waals surface area contributed by atoms with Gasteiger partial charge < -0.3 is 8.80 Å². The molecule has 0 N–H and O–H groups in total. The van der Waals surface area contributed by atoms with Gasteiger partial charge in [-0.15, -0.1) is 0 Å². The summed E-state index contributed by atoms with van der Waals surface area (Å²) in [6, 6.07) is 94.1. The fourth-order valence-electron chi connectivity index (χ4n) is 16.3. The van der Waals surface area contributed by atoms with Crippen molar-refractivity contribution < 1.29 is 0 Å². The van der Waals surface area contributed by atoms with Crippen molar-refractivity contribution in [3.63, 3.8) is 0 Å². The maximum Gasteiger partial charge on any atom is 0.0620 e. The summed E-state index contributed by atoms with van der Waals surface area (Å²) in [5, 5.41) is 20.8. The molecule has 0 bridgehead atoms. The molecule has 0 aliphatic heterocycles. The molecule has 2 nitrogen and oxygen atoms in total. The predicted octanol–water partition coefficient (Wildman–Crippen LogP) is 25.8. The molecule has 0 aliphatic rings. The summed E-state index contributed by atoms with van der Waals surface area (Å²) in [5.41, 5.74) is 25.9. The summed E-state index contributed by atoms with van der Waals surface area (Å²) in [4.78, 5) is 0. The summed E-state index contributed by atoms with van der Waals surface area (Å²) in [6.45, 7) is 18.5. The van der Waals surface area contributed by atoms with Gasteiger partial charge in [0.25, 0.3) is 0 Å². The summed E-state index contributed by atoms with van der Waals surface area (Å²) >= 11 is 0. The van der Waals surface area contributed by atoms with Crippen molar-refractivity contribution in [1.82, 2.24) is 8.80 Å². The highest BCUT2D eigenvalue weighted by Crippen LogP contribution is 2.49. The van der Waals surface area contributed by atoms with Crippen LogP contribution in [-0.4, -0.2) is 8.80 Å². The lowest BCUT2D eigenvalue weighted by atomic mass is 9.87. The van der Waals surface area contributed by atoms with Gasteiger partial charge in [-0.05, 0) is 239 Å². The van der Waals surface area contributed by atoms with Gasteiger partial charge in [-0.2, -0.15) is 0 Å².